The highest BCUT2D eigenvalue weighted by Crippen LogP contribution is 2.39. The van der Waals surface area contributed by atoms with E-state index < -0.39 is 29.4 Å². The molecule has 9 nitrogen and oxygen atoms in total. The van der Waals surface area contributed by atoms with Gasteiger partial charge in [-0.15, -0.1) is 0 Å². The number of halogens is 3. The molecule has 0 saturated carbocycles. The average Bonchev–Trinajstić information content (AvgIpc) is 2.79. The molecule has 0 spiro atoms. The summed E-state index contributed by atoms with van der Waals surface area (Å²) in [4.78, 5) is 27.6. The molecule has 0 aliphatic carbocycles. The van der Waals surface area contributed by atoms with E-state index in [4.69, 9.17) is 20.9 Å². The van der Waals surface area contributed by atoms with E-state index in [1.165, 1.54) is 37.6 Å². The maximum Gasteiger partial charge on any atom is 0.418 e. The molecule has 35 heavy (non-hydrogen) atoms. The van der Waals surface area contributed by atoms with Gasteiger partial charge in [0.1, 0.15) is 17.2 Å². The topological polar surface area (TPSA) is 142 Å². The number of pyridine rings is 1. The van der Waals surface area contributed by atoms with Crippen LogP contribution in [0.5, 0.6) is 17.2 Å². The molecule has 0 fully saturated rings. The number of nitrogens with two attached hydrogens (primary N) is 2. The fraction of sp³-hybridized carbons (Fsp3) is 0.261. The Kier molecular flexibility index (Phi) is 9.23. The lowest BCUT2D eigenvalue weighted by Crippen LogP contribution is -2.29. The summed E-state index contributed by atoms with van der Waals surface area (Å²) < 4.78 is 51.6. The van der Waals surface area contributed by atoms with Crippen molar-refractivity contribution in [2.45, 2.75) is 20.0 Å². The minimum atomic E-state index is -4.75. The number of amides is 3. The molecule has 3 amide bonds. The van der Waals surface area contributed by atoms with E-state index in [0.29, 0.717) is 10.9 Å². The fourth-order valence-electron chi connectivity index (χ4n) is 2.98. The molecule has 0 aliphatic rings. The largest absolute Gasteiger partial charge is 0.496 e. The van der Waals surface area contributed by atoms with Gasteiger partial charge in [0.05, 0.1) is 29.4 Å². The van der Waals surface area contributed by atoms with E-state index in [1.54, 1.807) is 6.92 Å². The number of alkyl halides is 3. The first kappa shape index (κ1) is 27.2. The van der Waals surface area contributed by atoms with Gasteiger partial charge in [-0.25, -0.2) is 4.79 Å². The molecule has 0 aliphatic heterocycles. The Morgan fingerprint density at radius 3 is 2.34 bits per heavy atom. The number of nitrogens with one attached hydrogen (secondary N) is 2. The molecule has 0 saturated heterocycles. The molecule has 6 N–H and O–H groups in total. The lowest BCUT2D eigenvalue weighted by Gasteiger charge is -2.16. The van der Waals surface area contributed by atoms with Gasteiger partial charge in [0.25, 0.3) is 5.91 Å². The molecular formula is C23H26F3N5O4. The van der Waals surface area contributed by atoms with Crippen LogP contribution in [0.1, 0.15) is 29.8 Å². The second-order valence-electron chi connectivity index (χ2n) is 6.94. The number of methoxy groups -OCH3 is 1. The number of carbonyl (C=O) groups excluding carboxylic acids is 2. The number of benzene rings is 2. The van der Waals surface area contributed by atoms with E-state index in [0.717, 1.165) is 18.7 Å². The molecule has 2 aromatic carbocycles. The summed E-state index contributed by atoms with van der Waals surface area (Å²) in [6.07, 6.45) is -3.35. The van der Waals surface area contributed by atoms with E-state index in [-0.39, 0.29) is 29.4 Å². The zero-order chi connectivity index (χ0) is 26.2. The Balaban J connectivity index is 0.00000137. The highest BCUT2D eigenvalue weighted by molar-refractivity contribution is 6.01. The Morgan fingerprint density at radius 1 is 1.09 bits per heavy atom. The van der Waals surface area contributed by atoms with Crippen LogP contribution in [0.3, 0.4) is 0 Å². The third-order valence-corrected chi connectivity index (χ3v) is 4.40. The standard InChI is InChI=1S/C21H19F3N4O4.C2H7N/c1-3-26-20(30)28-15-5-4-11(8-14(15)21(22,23)24)32-17-6-7-27-16-10-18(31-2)13(19(25)29)9-12(16)17;1-2-3/h4-10H,3H2,1-2H3,(H2,25,29)(H2,26,28,30);2-3H2,1H3. The molecule has 0 radical (unpaired) electrons. The second kappa shape index (κ2) is 11.9. The third-order valence-electron chi connectivity index (χ3n) is 4.40. The summed E-state index contributed by atoms with van der Waals surface area (Å²) in [5, 5.41) is 4.89. The molecule has 188 valence electrons. The van der Waals surface area contributed by atoms with Crippen molar-refractivity contribution in [1.29, 1.82) is 0 Å². The minimum absolute atomic E-state index is 0.0651. The second-order valence-corrected chi connectivity index (χ2v) is 6.94. The Morgan fingerprint density at radius 2 is 1.77 bits per heavy atom. The third kappa shape index (κ3) is 6.96. The highest BCUT2D eigenvalue weighted by atomic mass is 19.4. The van der Waals surface area contributed by atoms with Gasteiger partial charge in [0.15, 0.2) is 0 Å². The molecule has 12 heteroatoms. The Hall–Kier alpha value is -4.06. The molecule has 1 heterocycles. The summed E-state index contributed by atoms with van der Waals surface area (Å²) in [5.74, 6) is -0.533. The van der Waals surface area contributed by atoms with E-state index >= 15 is 0 Å². The van der Waals surface area contributed by atoms with Crippen LogP contribution in [0.15, 0.2) is 42.6 Å². The first-order valence-electron chi connectivity index (χ1n) is 10.5. The van der Waals surface area contributed by atoms with Crippen LogP contribution < -0.4 is 31.6 Å². The number of ether oxygens (including phenoxy) is 2. The maximum atomic E-state index is 13.6. The van der Waals surface area contributed by atoms with Gasteiger partial charge >= 0.3 is 12.2 Å². The number of carbonyl (C=O) groups is 2. The van der Waals surface area contributed by atoms with Crippen molar-refractivity contribution in [2.75, 3.05) is 25.5 Å². The van der Waals surface area contributed by atoms with E-state index in [2.05, 4.69) is 15.6 Å². The van der Waals surface area contributed by atoms with Gasteiger partial charge in [-0.2, -0.15) is 13.2 Å². The van der Waals surface area contributed by atoms with Gasteiger partial charge in [-0.3, -0.25) is 9.78 Å². The lowest BCUT2D eigenvalue weighted by atomic mass is 10.1. The Bertz CT molecular complexity index is 1200. The van der Waals surface area contributed by atoms with Gasteiger partial charge < -0.3 is 31.6 Å². The summed E-state index contributed by atoms with van der Waals surface area (Å²) in [6.45, 7) is 4.54. The van der Waals surface area contributed by atoms with Crippen molar-refractivity contribution in [1.82, 2.24) is 10.3 Å². The van der Waals surface area contributed by atoms with Gasteiger partial charge in [-0.1, -0.05) is 6.92 Å². The molecule has 0 unspecified atom stereocenters. The predicted octanol–water partition coefficient (Wildman–Crippen LogP) is 4.26. The Labute approximate surface area is 199 Å². The van der Waals surface area contributed by atoms with Crippen LogP contribution in [0.25, 0.3) is 10.9 Å². The predicted molar refractivity (Wildman–Crippen MR) is 126 cm³/mol. The first-order chi connectivity index (χ1) is 16.5. The lowest BCUT2D eigenvalue weighted by molar-refractivity contribution is -0.137. The number of fused-ring (bicyclic) bond motifs is 1. The number of nitrogens with zero attached hydrogens (tertiary/aromatic N) is 1. The normalized spacial score (nSPS) is 10.7. The highest BCUT2D eigenvalue weighted by Gasteiger charge is 2.34. The molecule has 1 aromatic heterocycles. The van der Waals surface area contributed by atoms with Crippen LogP contribution in [0, 0.1) is 0 Å². The van der Waals surface area contributed by atoms with Crippen molar-refractivity contribution in [3.63, 3.8) is 0 Å². The van der Waals surface area contributed by atoms with E-state index in [1.807, 2.05) is 6.92 Å². The van der Waals surface area contributed by atoms with Crippen molar-refractivity contribution < 1.29 is 32.2 Å². The maximum absolute atomic E-state index is 13.6. The number of aromatic nitrogens is 1. The van der Waals surface area contributed by atoms with Crippen LogP contribution in [-0.2, 0) is 6.18 Å². The number of rotatable bonds is 6. The fourth-order valence-corrected chi connectivity index (χ4v) is 2.98. The molecule has 3 rings (SSSR count). The summed E-state index contributed by atoms with van der Waals surface area (Å²) in [6, 6.07) is 6.69. The van der Waals surface area contributed by atoms with Crippen LogP contribution >= 0.6 is 0 Å². The number of hydrogen-bond acceptors (Lipinski definition) is 6. The first-order valence-corrected chi connectivity index (χ1v) is 10.5. The molecule has 3 aromatic rings. The zero-order valence-electron chi connectivity index (χ0n) is 19.3. The molecular weight excluding hydrogens is 467 g/mol. The number of urea groups is 1. The van der Waals surface area contributed by atoms with Gasteiger partial charge in [-0.05, 0) is 43.8 Å². The van der Waals surface area contributed by atoms with Crippen LogP contribution in [-0.4, -0.2) is 37.1 Å². The van der Waals surface area contributed by atoms with Crippen molar-refractivity contribution in [3.05, 3.63) is 53.7 Å². The monoisotopic (exact) mass is 493 g/mol. The number of anilines is 1. The van der Waals surface area contributed by atoms with Crippen molar-refractivity contribution in [2.24, 2.45) is 11.5 Å². The zero-order valence-corrected chi connectivity index (χ0v) is 19.3. The van der Waals surface area contributed by atoms with Crippen LogP contribution in [0.4, 0.5) is 23.7 Å². The SMILES string of the molecule is CCN.CCNC(=O)Nc1ccc(Oc2ccnc3cc(OC)c(C(N)=O)cc23)cc1C(F)(F)F. The molecule has 0 bridgehead atoms. The van der Waals surface area contributed by atoms with Crippen molar-refractivity contribution in [3.8, 4) is 17.2 Å². The number of hydrogen-bond donors (Lipinski definition) is 4. The van der Waals surface area contributed by atoms with Gasteiger partial charge in [0.2, 0.25) is 0 Å². The molecule has 0 atom stereocenters. The van der Waals surface area contributed by atoms with Crippen molar-refractivity contribution >= 4 is 28.5 Å². The van der Waals surface area contributed by atoms with Crippen LogP contribution in [0.2, 0.25) is 0 Å². The average molecular weight is 493 g/mol. The summed E-state index contributed by atoms with van der Waals surface area (Å²) in [7, 11) is 1.36. The quantitative estimate of drug-likeness (QED) is 0.404. The van der Waals surface area contributed by atoms with Gasteiger partial charge in [0, 0.05) is 24.2 Å². The minimum Gasteiger partial charge on any atom is -0.496 e. The summed E-state index contributed by atoms with van der Waals surface area (Å²) in [5.41, 5.74) is 9.18. The van der Waals surface area contributed by atoms with E-state index in [9.17, 15) is 22.8 Å². The summed E-state index contributed by atoms with van der Waals surface area (Å²) >= 11 is 0. The smallest absolute Gasteiger partial charge is 0.418 e. The number of primary amides is 1.